The molecule has 0 aliphatic heterocycles. The minimum Gasteiger partial charge on any atom is -0.378 e. The lowest BCUT2D eigenvalue weighted by Gasteiger charge is -2.13. The summed E-state index contributed by atoms with van der Waals surface area (Å²) in [4.78, 5) is 87.5. The van der Waals surface area contributed by atoms with Crippen LogP contribution in [0.4, 0.5) is 34.1 Å². The number of aromatic nitrogens is 15. The molecule has 10 aromatic heterocycles. The van der Waals surface area contributed by atoms with Crippen molar-refractivity contribution in [2.45, 2.75) is 34.6 Å². The summed E-state index contributed by atoms with van der Waals surface area (Å²) in [5, 5.41) is 44.7. The minimum atomic E-state index is -0.365. The number of nitrogens with one attached hydrogen (secondary N) is 5. The highest BCUT2D eigenvalue weighted by Crippen LogP contribution is 2.38. The van der Waals surface area contributed by atoms with Crippen LogP contribution < -0.4 is 31.5 Å². The molecule has 694 valence electrons. The molecule has 0 atom stereocenters. The molecular formula is C102H74Cl11N21O5. The Balaban J connectivity index is 0.000000126. The molecule has 20 aromatic rings. The molecule has 0 spiro atoms. The summed E-state index contributed by atoms with van der Waals surface area (Å²) >= 11 is 68.0. The number of fused-ring (bicyclic) bond motifs is 5. The fourth-order valence-corrected chi connectivity index (χ4v) is 16.7. The Hall–Kier alpha value is -14.4. The highest BCUT2D eigenvalue weighted by molar-refractivity contribution is 6.42. The molecule has 10 heterocycles. The van der Waals surface area contributed by atoms with E-state index in [1.165, 1.54) is 31.0 Å². The maximum absolute atomic E-state index is 12.8. The van der Waals surface area contributed by atoms with E-state index in [0.29, 0.717) is 151 Å². The quantitative estimate of drug-likeness (QED) is 0.0600. The van der Waals surface area contributed by atoms with Gasteiger partial charge in [-0.05, 0) is 241 Å². The zero-order valence-electron chi connectivity index (χ0n) is 74.1. The molecule has 0 fully saturated rings. The molecule has 0 aliphatic carbocycles. The SMILES string of the molecule is Cc1ccc(-n2nc(C)c3c(Cl)c(C(=O)Nc4ccc(Cl)cc4)cnc32)cc1.Cc1ccc(-n2nc(C)c3c(Cl)c(C(=O)Nc4ccc(Cl)cc4)cnc32)cc1.Cc1nn(-c2ccc(N(C)C)cc2)c2ncc(C(=O)Nc3ccc(Cl)cc3)c(Cl)c12.O=C(Nc1ccc(Cl)cc1)c1cnc2c(cnn2-c2ccc(Cl)cc2)c1Cl.O=C(Nc1ccc(Cl)cc1)c1cnc2c(cnn2-c2ccccc2)c1Cl. The van der Waals surface area contributed by atoms with Gasteiger partial charge in [-0.3, -0.25) is 24.0 Å². The first kappa shape index (κ1) is 97.7. The summed E-state index contributed by atoms with van der Waals surface area (Å²) in [6, 6.07) is 74.8. The van der Waals surface area contributed by atoms with Crippen molar-refractivity contribution in [3.05, 3.63) is 403 Å². The van der Waals surface area contributed by atoms with Crippen LogP contribution in [-0.4, -0.2) is 117 Å². The first-order valence-electron chi connectivity index (χ1n) is 42.1. The van der Waals surface area contributed by atoms with Gasteiger partial charge in [0.15, 0.2) is 28.2 Å². The van der Waals surface area contributed by atoms with E-state index in [1.807, 2.05) is 169 Å². The van der Waals surface area contributed by atoms with Crippen LogP contribution in [0.15, 0.2) is 292 Å². The molecule has 0 saturated heterocycles. The molecule has 0 saturated carbocycles. The van der Waals surface area contributed by atoms with Gasteiger partial charge >= 0.3 is 0 Å². The summed E-state index contributed by atoms with van der Waals surface area (Å²) in [6.45, 7) is 9.60. The second kappa shape index (κ2) is 43.1. The van der Waals surface area contributed by atoms with Gasteiger partial charge in [0.1, 0.15) is 0 Å². The van der Waals surface area contributed by atoms with Gasteiger partial charge in [0, 0.05) is 109 Å². The minimum absolute atomic E-state index is 0.259. The normalized spacial score (nSPS) is 10.9. The summed E-state index contributed by atoms with van der Waals surface area (Å²) < 4.78 is 8.52. The average molecular weight is 2060 g/mol. The number of hydrogen-bond donors (Lipinski definition) is 5. The van der Waals surface area contributed by atoms with Gasteiger partial charge in [0.05, 0.1) is 138 Å². The van der Waals surface area contributed by atoms with Crippen molar-refractivity contribution in [2.75, 3.05) is 45.6 Å². The van der Waals surface area contributed by atoms with Crippen LogP contribution in [0.2, 0.25) is 55.2 Å². The highest BCUT2D eigenvalue weighted by atomic mass is 35.5. The van der Waals surface area contributed by atoms with E-state index in [9.17, 15) is 24.0 Å². The molecule has 20 rings (SSSR count). The van der Waals surface area contributed by atoms with Crippen LogP contribution in [-0.2, 0) is 0 Å². The van der Waals surface area contributed by atoms with Crippen molar-refractivity contribution in [3.63, 3.8) is 0 Å². The molecule has 0 radical (unpaired) electrons. The van der Waals surface area contributed by atoms with Gasteiger partial charge in [0.2, 0.25) is 0 Å². The summed E-state index contributed by atoms with van der Waals surface area (Å²) in [5.41, 5.74) is 17.2. The fraction of sp³-hybridized carbons (Fsp3) is 0.0686. The second-order valence-corrected chi connectivity index (χ2v) is 35.8. The number of carbonyl (C=O) groups excluding carboxylic acids is 5. The van der Waals surface area contributed by atoms with Gasteiger partial charge < -0.3 is 31.5 Å². The van der Waals surface area contributed by atoms with Crippen molar-refractivity contribution >= 4 is 246 Å². The molecule has 0 aliphatic rings. The van der Waals surface area contributed by atoms with Crippen LogP contribution in [0.25, 0.3) is 83.6 Å². The Morgan fingerprint density at radius 1 is 0.252 bits per heavy atom. The predicted molar refractivity (Wildman–Crippen MR) is 559 cm³/mol. The predicted octanol–water partition coefficient (Wildman–Crippen LogP) is 27.2. The van der Waals surface area contributed by atoms with Gasteiger partial charge in [-0.1, -0.05) is 181 Å². The molecule has 139 heavy (non-hydrogen) atoms. The zero-order chi connectivity index (χ0) is 98.1. The molecular weight excluding hydrogens is 1990 g/mol. The summed E-state index contributed by atoms with van der Waals surface area (Å²) in [6.07, 6.45) is 10.5. The van der Waals surface area contributed by atoms with Gasteiger partial charge in [-0.2, -0.15) is 25.5 Å². The Morgan fingerprint density at radius 2 is 0.475 bits per heavy atom. The lowest BCUT2D eigenvalue weighted by atomic mass is 10.2. The van der Waals surface area contributed by atoms with E-state index in [1.54, 1.807) is 169 Å². The molecule has 0 bridgehead atoms. The largest absolute Gasteiger partial charge is 0.378 e. The molecule has 0 unspecified atom stereocenters. The standard InChI is InChI=1S/C22H19Cl2N5O.2C21H16Cl2N4O.C19H11Cl3N4O.C19H12Cl2N4O/c1-13-19-20(24)18(22(30)26-15-6-4-14(23)5-7-15)12-25-21(19)29(27-13)17-10-8-16(9-11-17)28(2)3;2*1-12-3-9-16(10-4-12)27-20-18(13(2)26-27)19(23)17(11-24-20)21(28)25-15-7-5-14(22)6-8-15;20-11-1-5-13(6-2-11)25-19(27)16-9-23-18-15(17(16)22)10-24-26(18)14-7-3-12(21)4-8-14;20-12-6-8-13(9-7-12)24-19(26)16-10-22-18-15(17(16)21)11-23-25(18)14-4-2-1-3-5-14/h4-12H,1-3H3,(H,26,30);2*3-11H,1-2H3,(H,25,28);1-10H,(H,25,27);1-11H,(H,24,26). The maximum atomic E-state index is 12.8. The smallest absolute Gasteiger partial charge is 0.258 e. The average Bonchev–Trinajstić information content (AvgIpc) is 1.62. The zero-order valence-corrected chi connectivity index (χ0v) is 82.4. The Labute approximate surface area is 849 Å². The molecule has 10 aromatic carbocycles. The van der Waals surface area contributed by atoms with Crippen LogP contribution >= 0.6 is 128 Å². The first-order valence-corrected chi connectivity index (χ1v) is 46.3. The van der Waals surface area contributed by atoms with Crippen molar-refractivity contribution in [1.29, 1.82) is 0 Å². The van der Waals surface area contributed by atoms with Gasteiger partial charge in [-0.25, -0.2) is 48.3 Å². The van der Waals surface area contributed by atoms with Gasteiger partial charge in [0.25, 0.3) is 29.5 Å². The van der Waals surface area contributed by atoms with Gasteiger partial charge in [-0.15, -0.1) is 0 Å². The number of halogens is 11. The lowest BCUT2D eigenvalue weighted by molar-refractivity contribution is 0.101. The molecule has 5 amide bonds. The van der Waals surface area contributed by atoms with Crippen molar-refractivity contribution in [1.82, 2.24) is 73.8 Å². The maximum Gasteiger partial charge on any atom is 0.258 e. The summed E-state index contributed by atoms with van der Waals surface area (Å²) in [5.74, 6) is -1.75. The van der Waals surface area contributed by atoms with Crippen LogP contribution in [0.5, 0.6) is 0 Å². The Kier molecular flexibility index (Phi) is 30.3. The van der Waals surface area contributed by atoms with E-state index in [2.05, 4.69) is 77.0 Å². The summed E-state index contributed by atoms with van der Waals surface area (Å²) in [7, 11) is 3.97. The number of benzene rings is 10. The molecule has 26 nitrogen and oxygen atoms in total. The third-order valence-corrected chi connectivity index (χ3v) is 25.0. The monoisotopic (exact) mass is 2060 g/mol. The second-order valence-electron chi connectivity index (χ2n) is 31.3. The van der Waals surface area contributed by atoms with Crippen molar-refractivity contribution in [2.24, 2.45) is 0 Å². The number of amides is 5. The number of carbonyl (C=O) groups is 5. The van der Waals surface area contributed by atoms with E-state index in [0.717, 1.165) is 45.3 Å². The van der Waals surface area contributed by atoms with E-state index in [-0.39, 0.29) is 62.4 Å². The fourth-order valence-electron chi connectivity index (χ4n) is 14.3. The molecule has 37 heteroatoms. The van der Waals surface area contributed by atoms with Crippen LogP contribution in [0, 0.1) is 34.6 Å². The van der Waals surface area contributed by atoms with Crippen LogP contribution in [0.1, 0.15) is 80.0 Å². The van der Waals surface area contributed by atoms with Crippen LogP contribution in [0.3, 0.4) is 0 Å². The first-order chi connectivity index (χ1) is 66.9. The Morgan fingerprint density at radius 3 is 0.741 bits per heavy atom. The number of para-hydroxylation sites is 1. The number of nitrogens with zero attached hydrogens (tertiary/aromatic N) is 16. The number of aryl methyl sites for hydroxylation is 5. The van der Waals surface area contributed by atoms with E-state index >= 15 is 0 Å². The topological polar surface area (TPSA) is 302 Å². The number of hydrogen-bond acceptors (Lipinski definition) is 16. The highest BCUT2D eigenvalue weighted by Gasteiger charge is 2.27. The van der Waals surface area contributed by atoms with Crippen molar-refractivity contribution in [3.8, 4) is 28.4 Å². The third kappa shape index (κ3) is 22.3. The Bertz CT molecular complexity index is 7820. The number of anilines is 6. The number of rotatable bonds is 16. The van der Waals surface area contributed by atoms with Crippen molar-refractivity contribution < 1.29 is 24.0 Å². The molecule has 5 N–H and O–H groups in total. The number of pyridine rings is 5. The lowest BCUT2D eigenvalue weighted by Crippen LogP contribution is -2.13. The van der Waals surface area contributed by atoms with E-state index < -0.39 is 0 Å². The third-order valence-electron chi connectivity index (χ3n) is 21.5. The van der Waals surface area contributed by atoms with E-state index in [4.69, 9.17) is 128 Å².